The molecule has 0 amide bonds. The van der Waals surface area contributed by atoms with E-state index in [4.69, 9.17) is 4.74 Å². The molecule has 1 aliphatic heterocycles. The highest BCUT2D eigenvalue weighted by molar-refractivity contribution is 6.27. The quantitative estimate of drug-likeness (QED) is 0.406. The lowest BCUT2D eigenvalue weighted by Gasteiger charge is -2.28. The summed E-state index contributed by atoms with van der Waals surface area (Å²) in [4.78, 5) is 21.1. The zero-order valence-electron chi connectivity index (χ0n) is 6.87. The molecule has 0 aromatic carbocycles. The molecule has 5 nitrogen and oxygen atoms in total. The summed E-state index contributed by atoms with van der Waals surface area (Å²) < 4.78 is 5.00. The van der Waals surface area contributed by atoms with Gasteiger partial charge >= 0.3 is 0 Å². The largest absolute Gasteiger partial charge is 0.366 e. The summed E-state index contributed by atoms with van der Waals surface area (Å²) in [5.74, 6) is -0.418. The minimum absolute atomic E-state index is 0.139. The van der Waals surface area contributed by atoms with Crippen molar-refractivity contribution >= 4 is 12.1 Å². The number of ether oxygens (including phenoxy) is 1. The fourth-order valence-corrected chi connectivity index (χ4v) is 1.16. The minimum Gasteiger partial charge on any atom is -0.366 e. The fourth-order valence-electron chi connectivity index (χ4n) is 1.16. The van der Waals surface area contributed by atoms with Crippen molar-refractivity contribution in [3.63, 3.8) is 0 Å². The van der Waals surface area contributed by atoms with Crippen LogP contribution in [0.3, 0.4) is 0 Å². The number of methoxy groups -OCH3 is 1. The van der Waals surface area contributed by atoms with Crippen molar-refractivity contribution in [2.24, 2.45) is 0 Å². The van der Waals surface area contributed by atoms with E-state index in [0.29, 0.717) is 19.4 Å². The molecule has 1 fully saturated rings. The summed E-state index contributed by atoms with van der Waals surface area (Å²) in [6, 6.07) is -0.395. The lowest BCUT2D eigenvalue weighted by Crippen LogP contribution is -2.54. The molecule has 1 heterocycles. The first kappa shape index (κ1) is 9.31. The third kappa shape index (κ3) is 2.10. The normalized spacial score (nSPS) is 29.8. The Hall–Kier alpha value is -0.780. The van der Waals surface area contributed by atoms with Crippen molar-refractivity contribution in [3.05, 3.63) is 0 Å². The van der Waals surface area contributed by atoms with Crippen LogP contribution in [-0.4, -0.2) is 38.1 Å². The van der Waals surface area contributed by atoms with Crippen LogP contribution in [-0.2, 0) is 14.3 Å². The van der Waals surface area contributed by atoms with Gasteiger partial charge in [0, 0.05) is 20.2 Å². The summed E-state index contributed by atoms with van der Waals surface area (Å²) in [7, 11) is 1.56. The molecule has 1 saturated heterocycles. The van der Waals surface area contributed by atoms with Crippen LogP contribution in [0.2, 0.25) is 0 Å². The van der Waals surface area contributed by atoms with E-state index in [1.165, 1.54) is 0 Å². The van der Waals surface area contributed by atoms with E-state index in [1.807, 2.05) is 0 Å². The van der Waals surface area contributed by atoms with Crippen molar-refractivity contribution in [2.45, 2.75) is 18.7 Å². The van der Waals surface area contributed by atoms with Gasteiger partial charge in [-0.15, -0.1) is 0 Å². The van der Waals surface area contributed by atoms with Crippen molar-refractivity contribution in [2.75, 3.05) is 13.8 Å². The maximum Gasteiger partial charge on any atom is 0.212 e. The third-order valence-electron chi connectivity index (χ3n) is 1.87. The molecule has 2 atom stereocenters. The molecule has 5 heteroatoms. The Morgan fingerprint density at radius 1 is 1.58 bits per heavy atom. The van der Waals surface area contributed by atoms with Crippen molar-refractivity contribution in [1.29, 1.82) is 0 Å². The highest BCUT2D eigenvalue weighted by atomic mass is 16.5. The monoisotopic (exact) mass is 172 g/mol. The molecule has 0 aromatic rings. The molecule has 0 bridgehead atoms. The highest BCUT2D eigenvalue weighted by Crippen LogP contribution is 2.03. The topological polar surface area (TPSA) is 67.4 Å². The van der Waals surface area contributed by atoms with E-state index in [9.17, 15) is 9.59 Å². The Kier molecular flexibility index (Phi) is 3.33. The molecule has 0 spiro atoms. The van der Waals surface area contributed by atoms with Crippen LogP contribution in [0.4, 0.5) is 0 Å². The lowest BCUT2D eigenvalue weighted by atomic mass is 10.1. The first-order chi connectivity index (χ1) is 5.77. The minimum atomic E-state index is -0.418. The van der Waals surface area contributed by atoms with E-state index in [0.717, 1.165) is 0 Å². The molecule has 0 aromatic heterocycles. The summed E-state index contributed by atoms with van der Waals surface area (Å²) in [5, 5.41) is 5.84. The van der Waals surface area contributed by atoms with Crippen LogP contribution in [0.15, 0.2) is 0 Å². The van der Waals surface area contributed by atoms with Crippen LogP contribution in [0.5, 0.6) is 0 Å². The van der Waals surface area contributed by atoms with Gasteiger partial charge in [-0.1, -0.05) is 0 Å². The number of aldehydes is 1. The summed E-state index contributed by atoms with van der Waals surface area (Å²) in [6.07, 6.45) is 0.698. The molecular formula is C7H12N2O3. The summed E-state index contributed by atoms with van der Waals surface area (Å²) in [5.41, 5.74) is 0. The van der Waals surface area contributed by atoms with Crippen LogP contribution in [0.1, 0.15) is 6.42 Å². The smallest absolute Gasteiger partial charge is 0.212 e. The second-order valence-electron chi connectivity index (χ2n) is 2.62. The predicted molar refractivity (Wildman–Crippen MR) is 41.4 cm³/mol. The Balaban J connectivity index is 2.45. The van der Waals surface area contributed by atoms with E-state index in [-0.39, 0.29) is 6.23 Å². The highest BCUT2D eigenvalue weighted by Gasteiger charge is 2.25. The van der Waals surface area contributed by atoms with Crippen LogP contribution in [0, 0.1) is 0 Å². The second-order valence-corrected chi connectivity index (χ2v) is 2.62. The van der Waals surface area contributed by atoms with E-state index < -0.39 is 11.8 Å². The molecule has 1 rings (SSSR count). The molecule has 0 radical (unpaired) electrons. The van der Waals surface area contributed by atoms with E-state index >= 15 is 0 Å². The van der Waals surface area contributed by atoms with Gasteiger partial charge in [0.1, 0.15) is 6.23 Å². The van der Waals surface area contributed by atoms with Crippen molar-refractivity contribution < 1.29 is 14.3 Å². The summed E-state index contributed by atoms with van der Waals surface area (Å²) in [6.45, 7) is 0.489. The molecule has 2 N–H and O–H groups in total. The van der Waals surface area contributed by atoms with Crippen LogP contribution in [0.25, 0.3) is 0 Å². The van der Waals surface area contributed by atoms with Gasteiger partial charge in [0.25, 0.3) is 0 Å². The van der Waals surface area contributed by atoms with Crippen LogP contribution < -0.4 is 10.6 Å². The molecule has 1 aliphatic rings. The zero-order valence-corrected chi connectivity index (χ0v) is 6.87. The standard InChI is InChI=1S/C7H12N2O3/c1-12-7-2-5(6(11)3-10)8-4-9-7/h3,5,7-9H,2,4H2,1H3. The average Bonchev–Trinajstić information content (AvgIpc) is 2.17. The lowest BCUT2D eigenvalue weighted by molar-refractivity contribution is -0.132. The van der Waals surface area contributed by atoms with Crippen molar-refractivity contribution in [3.8, 4) is 0 Å². The number of carbonyl (C=O) groups is 2. The van der Waals surface area contributed by atoms with Gasteiger partial charge in [0.2, 0.25) is 5.78 Å². The first-order valence-corrected chi connectivity index (χ1v) is 3.76. The molecule has 12 heavy (non-hydrogen) atoms. The predicted octanol–water partition coefficient (Wildman–Crippen LogP) is -1.36. The molecular weight excluding hydrogens is 160 g/mol. The van der Waals surface area contributed by atoms with Gasteiger partial charge in [0.15, 0.2) is 6.29 Å². The number of Topliss-reactive ketones (excluding diaryl/α,β-unsaturated/α-hetero) is 1. The Labute approximate surface area is 70.5 Å². The van der Waals surface area contributed by atoms with E-state index in [1.54, 1.807) is 7.11 Å². The zero-order chi connectivity index (χ0) is 8.97. The first-order valence-electron chi connectivity index (χ1n) is 3.76. The Bertz CT molecular complexity index is 183. The number of hydrogen-bond acceptors (Lipinski definition) is 5. The summed E-state index contributed by atoms with van der Waals surface area (Å²) >= 11 is 0. The molecule has 0 aliphatic carbocycles. The van der Waals surface area contributed by atoms with Gasteiger partial charge in [-0.05, 0) is 0 Å². The Morgan fingerprint density at radius 2 is 2.33 bits per heavy atom. The van der Waals surface area contributed by atoms with E-state index in [2.05, 4.69) is 10.6 Å². The molecule has 0 saturated carbocycles. The maximum absolute atomic E-state index is 10.9. The second kappa shape index (κ2) is 4.30. The van der Waals surface area contributed by atoms with Gasteiger partial charge < -0.3 is 4.74 Å². The fraction of sp³-hybridized carbons (Fsp3) is 0.714. The van der Waals surface area contributed by atoms with Crippen LogP contribution >= 0.6 is 0 Å². The van der Waals surface area contributed by atoms with Crippen molar-refractivity contribution in [1.82, 2.24) is 10.6 Å². The third-order valence-corrected chi connectivity index (χ3v) is 1.87. The number of hydrogen-bond donors (Lipinski definition) is 2. The number of carbonyl (C=O) groups excluding carboxylic acids is 2. The number of nitrogens with one attached hydrogen (secondary N) is 2. The average molecular weight is 172 g/mol. The Morgan fingerprint density at radius 3 is 2.92 bits per heavy atom. The number of ketones is 1. The van der Waals surface area contributed by atoms with Gasteiger partial charge in [0.05, 0.1) is 6.04 Å². The van der Waals surface area contributed by atoms with Gasteiger partial charge in [-0.2, -0.15) is 0 Å². The number of rotatable bonds is 3. The SMILES string of the molecule is COC1CC(C(=O)C=O)NCN1. The van der Waals surface area contributed by atoms with Gasteiger partial charge in [-0.25, -0.2) is 0 Å². The maximum atomic E-state index is 10.9. The molecule has 68 valence electrons. The molecule has 2 unspecified atom stereocenters. The van der Waals surface area contributed by atoms with Gasteiger partial charge in [-0.3, -0.25) is 20.2 Å².